The lowest BCUT2D eigenvalue weighted by molar-refractivity contribution is 0.425. The third kappa shape index (κ3) is 4.92. The average molecular weight is 276 g/mol. The summed E-state index contributed by atoms with van der Waals surface area (Å²) in [4.78, 5) is 2.49. The van der Waals surface area contributed by atoms with Crippen LogP contribution in [0.2, 0.25) is 0 Å². The maximum absolute atomic E-state index is 3.74. The highest BCUT2D eigenvalue weighted by atomic mass is 32.2. The van der Waals surface area contributed by atoms with E-state index >= 15 is 0 Å². The number of hydrogen-bond acceptors (Lipinski definition) is 3. The number of benzene rings is 1. The minimum Gasteiger partial charge on any atom is -0.371 e. The molecule has 1 N–H and O–H groups in total. The molecule has 0 amide bonds. The summed E-state index contributed by atoms with van der Waals surface area (Å²) in [6, 6.07) is 11.4. The predicted octanol–water partition coefficient (Wildman–Crippen LogP) is 3.16. The molecule has 0 bridgehead atoms. The van der Waals surface area contributed by atoms with Gasteiger partial charge in [0.1, 0.15) is 0 Å². The average Bonchev–Trinajstić information content (AvgIpc) is 2.49. The summed E-state index contributed by atoms with van der Waals surface area (Å²) >= 11 is 1.95. The number of piperidine rings is 1. The number of rotatable bonds is 7. The highest BCUT2D eigenvalue weighted by Gasteiger charge is 2.18. The van der Waals surface area contributed by atoms with E-state index < -0.39 is 0 Å². The van der Waals surface area contributed by atoms with Crippen LogP contribution in [0.1, 0.15) is 12.8 Å². The Morgan fingerprint density at radius 1 is 1.26 bits per heavy atom. The molecule has 1 fully saturated rings. The monoisotopic (exact) mass is 276 g/mol. The highest BCUT2D eigenvalue weighted by molar-refractivity contribution is 7.99. The molecule has 2 rings (SSSR count). The first-order valence-electron chi connectivity index (χ1n) is 7.12. The van der Waals surface area contributed by atoms with E-state index in [4.69, 9.17) is 0 Å². The second-order valence-electron chi connectivity index (χ2n) is 4.91. The zero-order chi connectivity index (χ0) is 13.3. The third-order valence-electron chi connectivity index (χ3n) is 3.53. The van der Waals surface area contributed by atoms with Crippen molar-refractivity contribution in [2.24, 2.45) is 0 Å². The predicted molar refractivity (Wildman–Crippen MR) is 87.2 cm³/mol. The van der Waals surface area contributed by atoms with Gasteiger partial charge in [-0.2, -0.15) is 11.8 Å². The number of anilines is 1. The molecule has 2 nitrogen and oxygen atoms in total. The molecule has 1 aromatic rings. The summed E-state index contributed by atoms with van der Waals surface area (Å²) in [6.07, 6.45) is 4.48. The fraction of sp³-hybridized carbons (Fsp3) is 0.500. The second kappa shape index (κ2) is 8.28. The van der Waals surface area contributed by atoms with E-state index in [0.717, 1.165) is 12.3 Å². The number of nitrogens with one attached hydrogen (secondary N) is 1. The Morgan fingerprint density at radius 3 is 2.68 bits per heavy atom. The molecule has 0 aromatic heterocycles. The quantitative estimate of drug-likeness (QED) is 0.608. The van der Waals surface area contributed by atoms with Crippen LogP contribution in [0.25, 0.3) is 0 Å². The van der Waals surface area contributed by atoms with Gasteiger partial charge in [0.05, 0.1) is 0 Å². The Balaban J connectivity index is 1.64. The molecule has 0 atom stereocenters. The summed E-state index contributed by atoms with van der Waals surface area (Å²) in [5.41, 5.74) is 1.36. The van der Waals surface area contributed by atoms with Crippen LogP contribution in [0, 0.1) is 0 Å². The van der Waals surface area contributed by atoms with Crippen molar-refractivity contribution in [3.8, 4) is 0 Å². The van der Waals surface area contributed by atoms with Gasteiger partial charge in [0, 0.05) is 42.9 Å². The third-order valence-corrected chi connectivity index (χ3v) is 4.50. The standard InChI is InChI=1S/C16H24N2S/c1-2-13-19-14-10-17-15-8-11-18(12-9-15)16-6-4-3-5-7-16/h2-7,15,17H,1,8-14H2. The lowest BCUT2D eigenvalue weighted by Gasteiger charge is -2.34. The van der Waals surface area contributed by atoms with Gasteiger partial charge in [-0.3, -0.25) is 0 Å². The molecule has 19 heavy (non-hydrogen) atoms. The molecule has 1 aromatic carbocycles. The second-order valence-corrected chi connectivity index (χ2v) is 6.06. The molecule has 1 heterocycles. The molecule has 3 heteroatoms. The molecule has 0 saturated carbocycles. The van der Waals surface area contributed by atoms with Crippen LogP contribution in [0.5, 0.6) is 0 Å². The van der Waals surface area contributed by atoms with E-state index in [2.05, 4.69) is 47.1 Å². The molecule has 1 aliphatic heterocycles. The van der Waals surface area contributed by atoms with Crippen molar-refractivity contribution < 1.29 is 0 Å². The molecule has 104 valence electrons. The maximum atomic E-state index is 3.74. The zero-order valence-electron chi connectivity index (χ0n) is 11.6. The van der Waals surface area contributed by atoms with E-state index in [-0.39, 0.29) is 0 Å². The van der Waals surface area contributed by atoms with Crippen LogP contribution in [-0.4, -0.2) is 37.2 Å². The first-order valence-corrected chi connectivity index (χ1v) is 8.27. The fourth-order valence-electron chi connectivity index (χ4n) is 2.48. The molecule has 0 unspecified atom stereocenters. The Hall–Kier alpha value is -0.930. The SMILES string of the molecule is C=CCSCCNC1CCN(c2ccccc2)CC1. The van der Waals surface area contributed by atoms with Gasteiger partial charge in [0.25, 0.3) is 0 Å². The van der Waals surface area contributed by atoms with E-state index in [9.17, 15) is 0 Å². The largest absolute Gasteiger partial charge is 0.371 e. The van der Waals surface area contributed by atoms with Crippen LogP contribution >= 0.6 is 11.8 Å². The molecule has 0 aliphatic carbocycles. The number of thioether (sulfide) groups is 1. The van der Waals surface area contributed by atoms with Crippen LogP contribution in [0.3, 0.4) is 0 Å². The molecular formula is C16H24N2S. The topological polar surface area (TPSA) is 15.3 Å². The van der Waals surface area contributed by atoms with E-state index in [0.29, 0.717) is 6.04 Å². The van der Waals surface area contributed by atoms with Gasteiger partial charge < -0.3 is 10.2 Å². The van der Waals surface area contributed by atoms with Crippen molar-refractivity contribution in [3.05, 3.63) is 43.0 Å². The van der Waals surface area contributed by atoms with Gasteiger partial charge in [-0.25, -0.2) is 0 Å². The van der Waals surface area contributed by atoms with Gasteiger partial charge in [0.2, 0.25) is 0 Å². The number of nitrogens with zero attached hydrogens (tertiary/aromatic N) is 1. The summed E-state index contributed by atoms with van der Waals surface area (Å²) in [5, 5.41) is 3.67. The van der Waals surface area contributed by atoms with Crippen molar-refractivity contribution in [1.29, 1.82) is 0 Å². The maximum Gasteiger partial charge on any atom is 0.0366 e. The normalized spacial score (nSPS) is 16.5. The van der Waals surface area contributed by atoms with Crippen LogP contribution < -0.4 is 10.2 Å². The molecule has 0 spiro atoms. The first kappa shape index (κ1) is 14.5. The van der Waals surface area contributed by atoms with Crippen LogP contribution in [0.4, 0.5) is 5.69 Å². The summed E-state index contributed by atoms with van der Waals surface area (Å²) in [5.74, 6) is 2.25. The summed E-state index contributed by atoms with van der Waals surface area (Å²) in [6.45, 7) is 7.19. The summed E-state index contributed by atoms with van der Waals surface area (Å²) in [7, 11) is 0. The van der Waals surface area contributed by atoms with Crippen LogP contribution in [-0.2, 0) is 0 Å². The highest BCUT2D eigenvalue weighted by Crippen LogP contribution is 2.19. The van der Waals surface area contributed by atoms with Crippen molar-refractivity contribution in [1.82, 2.24) is 5.32 Å². The molecule has 1 saturated heterocycles. The minimum atomic E-state index is 0.698. The number of hydrogen-bond donors (Lipinski definition) is 1. The van der Waals surface area contributed by atoms with Crippen molar-refractivity contribution in [2.45, 2.75) is 18.9 Å². The Bertz CT molecular complexity index is 358. The van der Waals surface area contributed by atoms with Crippen molar-refractivity contribution >= 4 is 17.4 Å². The fourth-order valence-corrected chi connectivity index (χ4v) is 3.08. The van der Waals surface area contributed by atoms with Crippen LogP contribution in [0.15, 0.2) is 43.0 Å². The Labute approximate surface area is 121 Å². The lowest BCUT2D eigenvalue weighted by atomic mass is 10.0. The van der Waals surface area contributed by atoms with Crippen molar-refractivity contribution in [2.75, 3.05) is 36.0 Å². The van der Waals surface area contributed by atoms with Gasteiger partial charge in [-0.05, 0) is 25.0 Å². The minimum absolute atomic E-state index is 0.698. The van der Waals surface area contributed by atoms with E-state index in [1.54, 1.807) is 0 Å². The number of para-hydroxylation sites is 1. The van der Waals surface area contributed by atoms with Crippen molar-refractivity contribution in [3.63, 3.8) is 0 Å². The van der Waals surface area contributed by atoms with Gasteiger partial charge in [0.15, 0.2) is 0 Å². The zero-order valence-corrected chi connectivity index (χ0v) is 12.4. The molecule has 0 radical (unpaired) electrons. The van der Waals surface area contributed by atoms with Gasteiger partial charge in [-0.15, -0.1) is 6.58 Å². The first-order chi connectivity index (χ1) is 9.40. The smallest absolute Gasteiger partial charge is 0.0366 e. The van der Waals surface area contributed by atoms with Gasteiger partial charge in [-0.1, -0.05) is 24.3 Å². The Morgan fingerprint density at radius 2 is 2.00 bits per heavy atom. The Kier molecular flexibility index (Phi) is 6.31. The lowest BCUT2D eigenvalue weighted by Crippen LogP contribution is -2.43. The van der Waals surface area contributed by atoms with Gasteiger partial charge >= 0.3 is 0 Å². The van der Waals surface area contributed by atoms with E-state index in [1.807, 2.05) is 17.8 Å². The molecule has 1 aliphatic rings. The summed E-state index contributed by atoms with van der Waals surface area (Å²) < 4.78 is 0. The van der Waals surface area contributed by atoms with E-state index in [1.165, 1.54) is 37.4 Å². The molecular weight excluding hydrogens is 252 g/mol.